The van der Waals surface area contributed by atoms with Crippen molar-refractivity contribution in [3.63, 3.8) is 0 Å². The molecule has 0 spiro atoms. The zero-order valence-electron chi connectivity index (χ0n) is 11.7. The van der Waals surface area contributed by atoms with Crippen molar-refractivity contribution >= 4 is 21.8 Å². The van der Waals surface area contributed by atoms with Crippen molar-refractivity contribution in [2.75, 3.05) is 5.33 Å². The fourth-order valence-corrected chi connectivity index (χ4v) is 2.64. The van der Waals surface area contributed by atoms with Gasteiger partial charge in [-0.15, -0.1) is 0 Å². The van der Waals surface area contributed by atoms with Crippen LogP contribution in [-0.4, -0.2) is 16.8 Å². The number of rotatable bonds is 5. The van der Waals surface area contributed by atoms with Crippen molar-refractivity contribution in [1.82, 2.24) is 5.32 Å². The first kappa shape index (κ1) is 17.9. The first-order valence-corrected chi connectivity index (χ1v) is 7.50. The highest BCUT2D eigenvalue weighted by Gasteiger charge is 2.35. The zero-order chi connectivity index (χ0) is 16.3. The Morgan fingerprint density at radius 3 is 2.43 bits per heavy atom. The van der Waals surface area contributed by atoms with Crippen LogP contribution in [0.2, 0.25) is 0 Å². The second-order valence-electron chi connectivity index (χ2n) is 5.00. The van der Waals surface area contributed by atoms with E-state index in [1.807, 2.05) is 6.92 Å². The van der Waals surface area contributed by atoms with Crippen molar-refractivity contribution in [2.24, 2.45) is 0 Å². The summed E-state index contributed by atoms with van der Waals surface area (Å²) in [7, 11) is 0. The van der Waals surface area contributed by atoms with Gasteiger partial charge in [0.2, 0.25) is 0 Å². The van der Waals surface area contributed by atoms with Crippen molar-refractivity contribution in [2.45, 2.75) is 38.4 Å². The van der Waals surface area contributed by atoms with Gasteiger partial charge in [-0.05, 0) is 38.0 Å². The van der Waals surface area contributed by atoms with Crippen LogP contribution in [0.25, 0.3) is 0 Å². The van der Waals surface area contributed by atoms with E-state index in [1.165, 1.54) is 0 Å². The summed E-state index contributed by atoms with van der Waals surface area (Å²) in [6.07, 6.45) is -3.58. The molecule has 0 saturated carbocycles. The molecule has 0 aromatic heterocycles. The van der Waals surface area contributed by atoms with Gasteiger partial charge in [-0.25, -0.2) is 4.39 Å². The molecular formula is C14H16BrF4NO. The van der Waals surface area contributed by atoms with Crippen molar-refractivity contribution in [1.29, 1.82) is 0 Å². The van der Waals surface area contributed by atoms with Crippen molar-refractivity contribution in [3.05, 3.63) is 35.1 Å². The number of hydrogen-bond donors (Lipinski definition) is 1. The molecule has 1 atom stereocenters. The topological polar surface area (TPSA) is 29.1 Å². The molecule has 0 fully saturated rings. The molecule has 0 aliphatic heterocycles. The van der Waals surface area contributed by atoms with E-state index in [4.69, 9.17) is 0 Å². The standard InChI is InChI=1S/C14H16BrF4NO/c1-3-13(2,6-7-15)20-12(21)9-4-5-11(16)10(8-9)14(17,18)19/h4-5,8H,3,6-7H2,1-2H3,(H,20,21). The second kappa shape index (κ2) is 6.77. The molecule has 0 aliphatic rings. The van der Waals surface area contributed by atoms with Crippen LogP contribution >= 0.6 is 15.9 Å². The minimum Gasteiger partial charge on any atom is -0.347 e. The predicted molar refractivity (Wildman–Crippen MR) is 76.0 cm³/mol. The number of nitrogens with one attached hydrogen (secondary N) is 1. The molecule has 1 aromatic rings. The van der Waals surface area contributed by atoms with Crippen LogP contribution in [0.3, 0.4) is 0 Å². The molecule has 1 amide bonds. The molecule has 0 saturated heterocycles. The van der Waals surface area contributed by atoms with Crippen LogP contribution in [0.4, 0.5) is 17.6 Å². The molecular weight excluding hydrogens is 354 g/mol. The second-order valence-corrected chi connectivity index (χ2v) is 5.79. The predicted octanol–water partition coefficient (Wildman–Crippen LogP) is 4.53. The van der Waals surface area contributed by atoms with Crippen LogP contribution in [-0.2, 0) is 6.18 Å². The fraction of sp³-hybridized carbons (Fsp3) is 0.500. The van der Waals surface area contributed by atoms with Gasteiger partial charge in [0.1, 0.15) is 5.82 Å². The third-order valence-corrected chi connectivity index (χ3v) is 3.77. The number of hydrogen-bond acceptors (Lipinski definition) is 1. The molecule has 0 heterocycles. The lowest BCUT2D eigenvalue weighted by Gasteiger charge is -2.29. The van der Waals surface area contributed by atoms with Crippen LogP contribution in [0, 0.1) is 5.82 Å². The number of carbonyl (C=O) groups is 1. The quantitative estimate of drug-likeness (QED) is 0.599. The summed E-state index contributed by atoms with van der Waals surface area (Å²) in [6, 6.07) is 2.24. The first-order chi connectivity index (χ1) is 9.63. The summed E-state index contributed by atoms with van der Waals surface area (Å²) in [5, 5.41) is 3.35. The highest BCUT2D eigenvalue weighted by atomic mass is 79.9. The molecule has 0 radical (unpaired) electrons. The Kier molecular flexibility index (Phi) is 5.78. The van der Waals surface area contributed by atoms with Crippen LogP contribution < -0.4 is 5.32 Å². The highest BCUT2D eigenvalue weighted by Crippen LogP contribution is 2.32. The molecule has 7 heteroatoms. The maximum absolute atomic E-state index is 13.2. The molecule has 21 heavy (non-hydrogen) atoms. The van der Waals surface area contributed by atoms with E-state index in [-0.39, 0.29) is 5.56 Å². The number of halogens is 5. The van der Waals surface area contributed by atoms with Crippen LogP contribution in [0.5, 0.6) is 0 Å². The lowest BCUT2D eigenvalue weighted by Crippen LogP contribution is -2.45. The minimum absolute atomic E-state index is 0.210. The Bertz CT molecular complexity index is 518. The highest BCUT2D eigenvalue weighted by molar-refractivity contribution is 9.09. The lowest BCUT2D eigenvalue weighted by atomic mass is 9.95. The molecule has 0 aliphatic carbocycles. The number of amides is 1. The Labute approximate surface area is 129 Å². The summed E-state index contributed by atoms with van der Waals surface area (Å²) in [6.45, 7) is 3.68. The number of alkyl halides is 4. The van der Waals surface area contributed by atoms with E-state index in [0.29, 0.717) is 30.3 Å². The van der Waals surface area contributed by atoms with Gasteiger partial charge in [-0.1, -0.05) is 22.9 Å². The maximum atomic E-state index is 13.2. The monoisotopic (exact) mass is 369 g/mol. The Morgan fingerprint density at radius 2 is 1.95 bits per heavy atom. The van der Waals surface area contributed by atoms with Gasteiger partial charge < -0.3 is 5.32 Å². The summed E-state index contributed by atoms with van der Waals surface area (Å²) in [4.78, 5) is 12.1. The van der Waals surface area contributed by atoms with Gasteiger partial charge in [-0.3, -0.25) is 4.79 Å². The van der Waals surface area contributed by atoms with Gasteiger partial charge in [0, 0.05) is 16.4 Å². The van der Waals surface area contributed by atoms with E-state index < -0.39 is 29.0 Å². The lowest BCUT2D eigenvalue weighted by molar-refractivity contribution is -0.140. The Hall–Kier alpha value is -1.11. The SMILES string of the molecule is CCC(C)(CCBr)NC(=O)c1ccc(F)c(C(F)(F)F)c1. The third-order valence-electron chi connectivity index (χ3n) is 3.38. The maximum Gasteiger partial charge on any atom is 0.419 e. The Balaban J connectivity index is 3.04. The van der Waals surface area contributed by atoms with E-state index in [9.17, 15) is 22.4 Å². The molecule has 0 bridgehead atoms. The third kappa shape index (κ3) is 4.69. The van der Waals surface area contributed by atoms with Crippen molar-refractivity contribution < 1.29 is 22.4 Å². The van der Waals surface area contributed by atoms with Gasteiger partial charge in [-0.2, -0.15) is 13.2 Å². The number of carbonyl (C=O) groups excluding carboxylic acids is 1. The van der Waals surface area contributed by atoms with E-state index in [0.717, 1.165) is 6.07 Å². The first-order valence-electron chi connectivity index (χ1n) is 6.38. The van der Waals surface area contributed by atoms with Gasteiger partial charge in [0.05, 0.1) is 5.56 Å². The summed E-state index contributed by atoms with van der Waals surface area (Å²) in [5.74, 6) is -2.04. The average molecular weight is 370 g/mol. The average Bonchev–Trinajstić information content (AvgIpc) is 2.38. The summed E-state index contributed by atoms with van der Waals surface area (Å²) >= 11 is 3.27. The van der Waals surface area contributed by atoms with Gasteiger partial charge >= 0.3 is 6.18 Å². The molecule has 1 unspecified atom stereocenters. The largest absolute Gasteiger partial charge is 0.419 e. The van der Waals surface area contributed by atoms with E-state index in [2.05, 4.69) is 21.2 Å². The minimum atomic E-state index is -4.83. The zero-order valence-corrected chi connectivity index (χ0v) is 13.2. The van der Waals surface area contributed by atoms with Crippen LogP contribution in [0.1, 0.15) is 42.6 Å². The number of benzene rings is 1. The fourth-order valence-electron chi connectivity index (χ4n) is 1.77. The van der Waals surface area contributed by atoms with Crippen LogP contribution in [0.15, 0.2) is 18.2 Å². The van der Waals surface area contributed by atoms with Gasteiger partial charge in [0.25, 0.3) is 5.91 Å². The molecule has 1 aromatic carbocycles. The normalized spacial score (nSPS) is 14.6. The van der Waals surface area contributed by atoms with Gasteiger partial charge in [0.15, 0.2) is 0 Å². The summed E-state index contributed by atoms with van der Waals surface area (Å²) in [5.41, 5.74) is -2.18. The molecule has 118 valence electrons. The molecule has 1 N–H and O–H groups in total. The van der Waals surface area contributed by atoms with Crippen molar-refractivity contribution in [3.8, 4) is 0 Å². The Morgan fingerprint density at radius 1 is 1.33 bits per heavy atom. The smallest absolute Gasteiger partial charge is 0.347 e. The van der Waals surface area contributed by atoms with E-state index >= 15 is 0 Å². The summed E-state index contributed by atoms with van der Waals surface area (Å²) < 4.78 is 51.1. The molecule has 1 rings (SSSR count). The molecule has 2 nitrogen and oxygen atoms in total. The van der Waals surface area contributed by atoms with E-state index in [1.54, 1.807) is 6.92 Å².